The Balaban J connectivity index is 1.81. The van der Waals surface area contributed by atoms with Crippen LogP contribution in [0.15, 0.2) is 46.9 Å². The lowest BCUT2D eigenvalue weighted by atomic mass is 10.00. The van der Waals surface area contributed by atoms with Crippen LogP contribution in [0, 0.1) is 0 Å². The van der Waals surface area contributed by atoms with E-state index in [4.69, 9.17) is 11.6 Å². The SMILES string of the molecule is CS(=O)(=O)N(CC(=O)N1CCc2cccc(Br)c2C1)c1ccc(Cl)cc1. The Morgan fingerprint density at radius 2 is 1.92 bits per heavy atom. The highest BCUT2D eigenvalue weighted by Crippen LogP contribution is 2.27. The molecule has 0 radical (unpaired) electrons. The van der Waals surface area contributed by atoms with Gasteiger partial charge in [0.1, 0.15) is 6.54 Å². The van der Waals surface area contributed by atoms with Gasteiger partial charge in [0.05, 0.1) is 11.9 Å². The lowest BCUT2D eigenvalue weighted by Crippen LogP contribution is -2.44. The second-order valence-electron chi connectivity index (χ2n) is 6.19. The van der Waals surface area contributed by atoms with Crippen molar-refractivity contribution < 1.29 is 13.2 Å². The number of sulfonamides is 1. The fraction of sp³-hybridized carbons (Fsp3) is 0.278. The molecule has 0 N–H and O–H groups in total. The maximum atomic E-state index is 12.8. The highest BCUT2D eigenvalue weighted by Gasteiger charge is 2.27. The Kier molecular flexibility index (Phi) is 5.60. The van der Waals surface area contributed by atoms with Crippen LogP contribution in [0.5, 0.6) is 0 Å². The summed E-state index contributed by atoms with van der Waals surface area (Å²) in [6, 6.07) is 12.4. The Morgan fingerprint density at radius 1 is 1.23 bits per heavy atom. The number of carbonyl (C=O) groups is 1. The van der Waals surface area contributed by atoms with Gasteiger partial charge in [-0.2, -0.15) is 0 Å². The molecule has 0 atom stereocenters. The number of hydrogen-bond acceptors (Lipinski definition) is 3. The van der Waals surface area contributed by atoms with Crippen LogP contribution in [0.2, 0.25) is 5.02 Å². The molecule has 26 heavy (non-hydrogen) atoms. The Morgan fingerprint density at radius 3 is 2.58 bits per heavy atom. The number of benzene rings is 2. The number of carbonyl (C=O) groups excluding carboxylic acids is 1. The fourth-order valence-electron chi connectivity index (χ4n) is 2.98. The maximum absolute atomic E-state index is 12.8. The summed E-state index contributed by atoms with van der Waals surface area (Å²) in [4.78, 5) is 14.5. The zero-order valence-electron chi connectivity index (χ0n) is 14.2. The average Bonchev–Trinajstić information content (AvgIpc) is 2.59. The molecule has 0 fully saturated rings. The summed E-state index contributed by atoms with van der Waals surface area (Å²) in [6.07, 6.45) is 1.84. The summed E-state index contributed by atoms with van der Waals surface area (Å²) in [7, 11) is -3.60. The van der Waals surface area contributed by atoms with Crippen LogP contribution in [0.4, 0.5) is 5.69 Å². The van der Waals surface area contributed by atoms with Gasteiger partial charge in [0.2, 0.25) is 15.9 Å². The van der Waals surface area contributed by atoms with Gasteiger partial charge < -0.3 is 4.90 Å². The van der Waals surface area contributed by atoms with Crippen molar-refractivity contribution in [1.29, 1.82) is 0 Å². The number of rotatable bonds is 4. The van der Waals surface area contributed by atoms with Crippen molar-refractivity contribution in [3.05, 3.63) is 63.1 Å². The van der Waals surface area contributed by atoms with E-state index in [1.165, 1.54) is 5.56 Å². The molecule has 3 rings (SSSR count). The molecular formula is C18H18BrClN2O3S. The molecule has 2 aromatic rings. The first-order valence-corrected chi connectivity index (χ1v) is 11.0. The Bertz CT molecular complexity index is 932. The number of anilines is 1. The van der Waals surface area contributed by atoms with E-state index in [1.54, 1.807) is 29.2 Å². The summed E-state index contributed by atoms with van der Waals surface area (Å²) in [5.74, 6) is -0.230. The first-order valence-electron chi connectivity index (χ1n) is 8.03. The fourth-order valence-corrected chi connectivity index (χ4v) is 4.49. The molecule has 1 aliphatic heterocycles. The van der Waals surface area contributed by atoms with Crippen molar-refractivity contribution in [1.82, 2.24) is 4.90 Å². The van der Waals surface area contributed by atoms with Crippen molar-refractivity contribution in [3.63, 3.8) is 0 Å². The quantitative estimate of drug-likeness (QED) is 0.706. The minimum atomic E-state index is -3.60. The Hall–Kier alpha value is -1.57. The molecule has 0 saturated heterocycles. The molecule has 0 saturated carbocycles. The minimum Gasteiger partial charge on any atom is -0.336 e. The largest absolute Gasteiger partial charge is 0.336 e. The van der Waals surface area contributed by atoms with Crippen LogP contribution in [-0.2, 0) is 27.8 Å². The third-order valence-corrected chi connectivity index (χ3v) is 6.50. The highest BCUT2D eigenvalue weighted by molar-refractivity contribution is 9.10. The number of halogens is 2. The van der Waals surface area contributed by atoms with Crippen molar-refractivity contribution in [2.24, 2.45) is 0 Å². The van der Waals surface area contributed by atoms with Gasteiger partial charge in [-0.05, 0) is 47.9 Å². The van der Waals surface area contributed by atoms with Crippen LogP contribution in [0.25, 0.3) is 0 Å². The van der Waals surface area contributed by atoms with Crippen molar-refractivity contribution in [3.8, 4) is 0 Å². The van der Waals surface area contributed by atoms with Gasteiger partial charge in [0.15, 0.2) is 0 Å². The lowest BCUT2D eigenvalue weighted by molar-refractivity contribution is -0.130. The average molecular weight is 458 g/mol. The van der Waals surface area contributed by atoms with Crippen LogP contribution >= 0.6 is 27.5 Å². The molecular weight excluding hydrogens is 440 g/mol. The molecule has 0 aliphatic carbocycles. The van der Waals surface area contributed by atoms with Crippen molar-refractivity contribution >= 4 is 49.1 Å². The zero-order chi connectivity index (χ0) is 18.9. The summed E-state index contributed by atoms with van der Waals surface area (Å²) >= 11 is 9.40. The monoisotopic (exact) mass is 456 g/mol. The van der Waals surface area contributed by atoms with E-state index in [9.17, 15) is 13.2 Å². The molecule has 138 valence electrons. The molecule has 0 unspecified atom stereocenters. The van der Waals surface area contributed by atoms with E-state index in [0.717, 1.165) is 27.0 Å². The topological polar surface area (TPSA) is 57.7 Å². The predicted octanol–water partition coefficient (Wildman–Crippen LogP) is 3.45. The van der Waals surface area contributed by atoms with Crippen LogP contribution < -0.4 is 4.31 Å². The molecule has 0 spiro atoms. The third-order valence-electron chi connectivity index (χ3n) is 4.36. The summed E-state index contributed by atoms with van der Waals surface area (Å²) in [5, 5.41) is 0.506. The van der Waals surface area contributed by atoms with E-state index in [0.29, 0.717) is 23.8 Å². The summed E-state index contributed by atoms with van der Waals surface area (Å²) in [5.41, 5.74) is 2.70. The van der Waals surface area contributed by atoms with Crippen molar-refractivity contribution in [2.75, 3.05) is 23.7 Å². The van der Waals surface area contributed by atoms with E-state index in [2.05, 4.69) is 22.0 Å². The zero-order valence-corrected chi connectivity index (χ0v) is 17.3. The van der Waals surface area contributed by atoms with Crippen LogP contribution in [-0.4, -0.2) is 38.6 Å². The minimum absolute atomic E-state index is 0.230. The standard InChI is InChI=1S/C18H18BrClN2O3S/c1-26(24,25)22(15-7-5-14(20)6-8-15)12-18(23)21-10-9-13-3-2-4-17(19)16(13)11-21/h2-8H,9-12H2,1H3. The molecule has 1 heterocycles. The second kappa shape index (κ2) is 7.58. The van der Waals surface area contributed by atoms with E-state index in [1.807, 2.05) is 12.1 Å². The molecule has 2 aromatic carbocycles. The van der Waals surface area contributed by atoms with Crippen LogP contribution in [0.1, 0.15) is 11.1 Å². The predicted molar refractivity (Wildman–Crippen MR) is 107 cm³/mol. The van der Waals surface area contributed by atoms with E-state index < -0.39 is 10.0 Å². The van der Waals surface area contributed by atoms with Gasteiger partial charge in [-0.15, -0.1) is 0 Å². The normalized spacial score (nSPS) is 14.0. The molecule has 1 amide bonds. The number of amides is 1. The first kappa shape index (κ1) is 19.2. The number of fused-ring (bicyclic) bond motifs is 1. The number of nitrogens with zero attached hydrogens (tertiary/aromatic N) is 2. The molecule has 1 aliphatic rings. The Labute approximate surface area is 166 Å². The van der Waals surface area contributed by atoms with E-state index >= 15 is 0 Å². The second-order valence-corrected chi connectivity index (χ2v) is 9.39. The van der Waals surface area contributed by atoms with Crippen LogP contribution in [0.3, 0.4) is 0 Å². The molecule has 5 nitrogen and oxygen atoms in total. The van der Waals surface area contributed by atoms with Gasteiger partial charge >= 0.3 is 0 Å². The third kappa shape index (κ3) is 4.22. The summed E-state index contributed by atoms with van der Waals surface area (Å²) in [6.45, 7) is 0.800. The first-order chi connectivity index (χ1) is 12.3. The van der Waals surface area contributed by atoms with Gasteiger partial charge in [-0.3, -0.25) is 9.10 Å². The number of hydrogen-bond donors (Lipinski definition) is 0. The van der Waals surface area contributed by atoms with E-state index in [-0.39, 0.29) is 12.5 Å². The van der Waals surface area contributed by atoms with Gasteiger partial charge in [0.25, 0.3) is 0 Å². The maximum Gasteiger partial charge on any atom is 0.243 e. The molecule has 0 aromatic heterocycles. The van der Waals surface area contributed by atoms with Gasteiger partial charge in [0, 0.05) is 22.6 Å². The lowest BCUT2D eigenvalue weighted by Gasteiger charge is -2.31. The molecule has 8 heteroatoms. The molecule has 0 bridgehead atoms. The highest BCUT2D eigenvalue weighted by atomic mass is 79.9. The van der Waals surface area contributed by atoms with Gasteiger partial charge in [-0.25, -0.2) is 8.42 Å². The summed E-state index contributed by atoms with van der Waals surface area (Å²) < 4.78 is 26.5. The smallest absolute Gasteiger partial charge is 0.243 e. The van der Waals surface area contributed by atoms with Gasteiger partial charge in [-0.1, -0.05) is 39.7 Å². The van der Waals surface area contributed by atoms with Crippen molar-refractivity contribution in [2.45, 2.75) is 13.0 Å².